The van der Waals surface area contributed by atoms with Gasteiger partial charge in [-0.25, -0.2) is 0 Å². The van der Waals surface area contributed by atoms with E-state index in [-0.39, 0.29) is 5.91 Å². The maximum Gasteiger partial charge on any atom is 0.314 e. The third kappa shape index (κ3) is 4.25. The van der Waals surface area contributed by atoms with E-state index in [0.717, 1.165) is 24.1 Å². The topological polar surface area (TPSA) is 87.7 Å². The highest BCUT2D eigenvalue weighted by atomic mass is 16.5. The lowest BCUT2D eigenvalue weighted by atomic mass is 10.0. The van der Waals surface area contributed by atoms with E-state index in [4.69, 9.17) is 4.74 Å². The number of methoxy groups -OCH3 is 1. The molecule has 27 heavy (non-hydrogen) atoms. The highest BCUT2D eigenvalue weighted by molar-refractivity contribution is 6.43. The predicted molar refractivity (Wildman–Crippen MR) is 103 cm³/mol. The average Bonchev–Trinajstić information content (AvgIpc) is 2.67. The van der Waals surface area contributed by atoms with Crippen molar-refractivity contribution in [2.45, 2.75) is 19.8 Å². The number of aryl methyl sites for hydroxylation is 1. The van der Waals surface area contributed by atoms with Gasteiger partial charge in [0.1, 0.15) is 5.75 Å². The second-order valence-corrected chi connectivity index (χ2v) is 6.26. The molecule has 3 rings (SSSR count). The number of hydrogen-bond acceptors (Lipinski definition) is 4. The molecule has 2 aromatic rings. The minimum absolute atomic E-state index is 0.0461. The number of carbonyl (C=O) groups is 3. The number of fused-ring (bicyclic) bond motifs is 1. The summed E-state index contributed by atoms with van der Waals surface area (Å²) in [4.78, 5) is 37.9. The summed E-state index contributed by atoms with van der Waals surface area (Å²) in [5, 5.41) is 5.11. The van der Waals surface area contributed by atoms with Crippen molar-refractivity contribution in [2.24, 2.45) is 0 Å². The van der Waals surface area contributed by atoms with Gasteiger partial charge in [0.05, 0.1) is 7.11 Å². The van der Waals surface area contributed by atoms with Gasteiger partial charge in [-0.1, -0.05) is 12.1 Å². The first-order valence-electron chi connectivity index (χ1n) is 8.65. The van der Waals surface area contributed by atoms with Gasteiger partial charge in [0.2, 0.25) is 5.91 Å². The first kappa shape index (κ1) is 18.4. The van der Waals surface area contributed by atoms with Gasteiger partial charge in [-0.15, -0.1) is 0 Å². The molecule has 2 aromatic carbocycles. The zero-order valence-corrected chi connectivity index (χ0v) is 15.2. The van der Waals surface area contributed by atoms with Crippen LogP contribution in [0.2, 0.25) is 0 Å². The van der Waals surface area contributed by atoms with Crippen LogP contribution in [0.4, 0.5) is 17.1 Å². The first-order valence-corrected chi connectivity index (χ1v) is 8.65. The molecule has 140 valence electrons. The Kier molecular flexibility index (Phi) is 5.40. The lowest BCUT2D eigenvalue weighted by molar-refractivity contribution is -0.132. The van der Waals surface area contributed by atoms with Crippen molar-refractivity contribution >= 4 is 34.8 Å². The van der Waals surface area contributed by atoms with Crippen molar-refractivity contribution in [2.75, 3.05) is 29.2 Å². The fourth-order valence-electron chi connectivity index (χ4n) is 3.06. The molecule has 0 atom stereocenters. The second-order valence-electron chi connectivity index (χ2n) is 6.26. The summed E-state index contributed by atoms with van der Waals surface area (Å²) in [6, 6.07) is 12.1. The minimum atomic E-state index is -0.789. The summed E-state index contributed by atoms with van der Waals surface area (Å²) < 4.78 is 5.09. The van der Waals surface area contributed by atoms with Crippen LogP contribution >= 0.6 is 0 Å². The van der Waals surface area contributed by atoms with E-state index in [2.05, 4.69) is 10.6 Å². The summed E-state index contributed by atoms with van der Waals surface area (Å²) in [7, 11) is 1.52. The van der Waals surface area contributed by atoms with Crippen molar-refractivity contribution in [3.05, 3.63) is 48.0 Å². The quantitative estimate of drug-likeness (QED) is 0.816. The predicted octanol–water partition coefficient (Wildman–Crippen LogP) is 2.57. The fraction of sp³-hybridized carbons (Fsp3) is 0.250. The van der Waals surface area contributed by atoms with E-state index in [1.54, 1.807) is 41.3 Å². The lowest BCUT2D eigenvalue weighted by Crippen LogP contribution is -2.34. The number of nitrogens with one attached hydrogen (secondary N) is 2. The molecule has 1 aliphatic heterocycles. The summed E-state index contributed by atoms with van der Waals surface area (Å²) in [5.41, 5.74) is 2.76. The SMILES string of the molecule is COc1cccc(NC(=O)C(=O)Nc2ccc3c(c2)N(C(C)=O)CCC3)c1. The molecule has 0 spiro atoms. The number of hydrogen-bond donors (Lipinski definition) is 2. The maximum absolute atomic E-state index is 12.2. The van der Waals surface area contributed by atoms with Crippen molar-refractivity contribution in [3.63, 3.8) is 0 Å². The van der Waals surface area contributed by atoms with Crippen molar-refractivity contribution < 1.29 is 19.1 Å². The molecular weight excluding hydrogens is 346 g/mol. The maximum atomic E-state index is 12.2. The van der Waals surface area contributed by atoms with Gasteiger partial charge in [0, 0.05) is 36.6 Å². The Bertz CT molecular complexity index is 895. The van der Waals surface area contributed by atoms with E-state index in [1.807, 2.05) is 6.07 Å². The largest absolute Gasteiger partial charge is 0.497 e. The summed E-state index contributed by atoms with van der Waals surface area (Å²) in [5.74, 6) is -1.05. The molecule has 7 nitrogen and oxygen atoms in total. The highest BCUT2D eigenvalue weighted by Gasteiger charge is 2.21. The molecule has 0 saturated heterocycles. The van der Waals surface area contributed by atoms with Crippen molar-refractivity contribution in [3.8, 4) is 5.75 Å². The van der Waals surface area contributed by atoms with Crippen LogP contribution in [0, 0.1) is 0 Å². The Morgan fingerprint density at radius 2 is 1.70 bits per heavy atom. The van der Waals surface area contributed by atoms with Crippen LogP contribution in [-0.4, -0.2) is 31.4 Å². The smallest absolute Gasteiger partial charge is 0.314 e. The van der Waals surface area contributed by atoms with Gasteiger partial charge < -0.3 is 20.3 Å². The number of carbonyl (C=O) groups excluding carboxylic acids is 3. The highest BCUT2D eigenvalue weighted by Crippen LogP contribution is 2.30. The minimum Gasteiger partial charge on any atom is -0.497 e. The Balaban J connectivity index is 1.71. The first-order chi connectivity index (χ1) is 13.0. The van der Waals surface area contributed by atoms with Gasteiger partial charge in [0.25, 0.3) is 0 Å². The van der Waals surface area contributed by atoms with Gasteiger partial charge in [-0.2, -0.15) is 0 Å². The Hall–Kier alpha value is -3.35. The fourth-order valence-corrected chi connectivity index (χ4v) is 3.06. The molecule has 0 bridgehead atoms. The van der Waals surface area contributed by atoms with Crippen LogP contribution in [0.15, 0.2) is 42.5 Å². The van der Waals surface area contributed by atoms with E-state index in [9.17, 15) is 14.4 Å². The molecule has 0 unspecified atom stereocenters. The summed E-state index contributed by atoms with van der Waals surface area (Å²) in [6.45, 7) is 2.16. The third-order valence-corrected chi connectivity index (χ3v) is 4.38. The number of anilines is 3. The van der Waals surface area contributed by atoms with Crippen molar-refractivity contribution in [1.29, 1.82) is 0 Å². The van der Waals surface area contributed by atoms with Crippen molar-refractivity contribution in [1.82, 2.24) is 0 Å². The normalized spacial score (nSPS) is 12.7. The molecule has 7 heteroatoms. The van der Waals surface area contributed by atoms with Gasteiger partial charge in [-0.05, 0) is 42.7 Å². The number of amides is 3. The van der Waals surface area contributed by atoms with Crippen LogP contribution in [0.25, 0.3) is 0 Å². The van der Waals surface area contributed by atoms with Crippen LogP contribution in [0.1, 0.15) is 18.9 Å². The van der Waals surface area contributed by atoms with E-state index < -0.39 is 11.8 Å². The zero-order valence-electron chi connectivity index (χ0n) is 15.2. The standard InChI is InChI=1S/C20H21N3O4/c1-13(24)23-10-4-5-14-8-9-16(12-18(14)23)22-20(26)19(25)21-15-6-3-7-17(11-15)27-2/h3,6-9,11-12H,4-5,10H2,1-2H3,(H,21,25)(H,22,26). The molecule has 0 radical (unpaired) electrons. The molecule has 0 saturated carbocycles. The number of ether oxygens (including phenoxy) is 1. The molecule has 1 aliphatic rings. The van der Waals surface area contributed by atoms with E-state index >= 15 is 0 Å². The summed E-state index contributed by atoms with van der Waals surface area (Å²) >= 11 is 0. The number of rotatable bonds is 3. The van der Waals surface area contributed by atoms with E-state index in [1.165, 1.54) is 14.0 Å². The number of benzene rings is 2. The van der Waals surface area contributed by atoms with E-state index in [0.29, 0.717) is 23.7 Å². The molecule has 1 heterocycles. The van der Waals surface area contributed by atoms with Crippen LogP contribution < -0.4 is 20.3 Å². The monoisotopic (exact) mass is 367 g/mol. The third-order valence-electron chi connectivity index (χ3n) is 4.38. The average molecular weight is 367 g/mol. The van der Waals surface area contributed by atoms with Gasteiger partial charge in [0.15, 0.2) is 0 Å². The Morgan fingerprint density at radius 1 is 1.00 bits per heavy atom. The second kappa shape index (κ2) is 7.90. The Morgan fingerprint density at radius 3 is 2.37 bits per heavy atom. The Labute approximate surface area is 157 Å². The van der Waals surface area contributed by atoms with Gasteiger partial charge in [-0.3, -0.25) is 14.4 Å². The number of nitrogens with zero attached hydrogens (tertiary/aromatic N) is 1. The van der Waals surface area contributed by atoms with Crippen LogP contribution in [0.3, 0.4) is 0 Å². The summed E-state index contributed by atoms with van der Waals surface area (Å²) in [6.07, 6.45) is 1.78. The molecular formula is C20H21N3O4. The lowest BCUT2D eigenvalue weighted by Gasteiger charge is -2.29. The molecule has 0 aromatic heterocycles. The van der Waals surface area contributed by atoms with Crippen LogP contribution in [0.5, 0.6) is 5.75 Å². The molecule has 2 N–H and O–H groups in total. The van der Waals surface area contributed by atoms with Crippen LogP contribution in [-0.2, 0) is 20.8 Å². The molecule has 0 aliphatic carbocycles. The molecule has 3 amide bonds. The molecule has 0 fully saturated rings. The zero-order chi connectivity index (χ0) is 19.4. The van der Waals surface area contributed by atoms with Gasteiger partial charge >= 0.3 is 11.8 Å².